The summed E-state index contributed by atoms with van der Waals surface area (Å²) in [4.78, 5) is 15.2. The van der Waals surface area contributed by atoms with Crippen LogP contribution in [-0.4, -0.2) is 31.1 Å². The molecular weight excluding hydrogens is 302 g/mol. The van der Waals surface area contributed by atoms with Gasteiger partial charge in [-0.25, -0.2) is 0 Å². The highest BCUT2D eigenvalue weighted by Crippen LogP contribution is 2.32. The number of piperazine rings is 1. The summed E-state index contributed by atoms with van der Waals surface area (Å²) < 4.78 is 0. The van der Waals surface area contributed by atoms with Gasteiger partial charge >= 0.3 is 0 Å². The van der Waals surface area contributed by atoms with E-state index < -0.39 is 0 Å². The molecule has 1 aliphatic heterocycles. The van der Waals surface area contributed by atoms with Crippen LogP contribution < -0.4 is 9.80 Å². The van der Waals surface area contributed by atoms with Gasteiger partial charge in [0.25, 0.3) is 5.69 Å². The summed E-state index contributed by atoms with van der Waals surface area (Å²) in [6.45, 7) is 3.12. The molecule has 0 unspecified atom stereocenters. The Balaban J connectivity index is 1.77. The summed E-state index contributed by atoms with van der Waals surface area (Å²) in [7, 11) is 0. The Hall–Kier alpha value is -2.27. The number of nitro benzene ring substituents is 1. The molecule has 0 bridgehead atoms. The van der Waals surface area contributed by atoms with Crippen LogP contribution in [0.2, 0.25) is 5.02 Å². The van der Waals surface area contributed by atoms with Crippen LogP contribution in [0.25, 0.3) is 0 Å². The van der Waals surface area contributed by atoms with Crippen molar-refractivity contribution in [3.63, 3.8) is 0 Å². The highest BCUT2D eigenvalue weighted by Gasteiger charge is 2.24. The van der Waals surface area contributed by atoms with Gasteiger partial charge in [0.1, 0.15) is 5.69 Å². The molecule has 2 aromatic rings. The van der Waals surface area contributed by atoms with Gasteiger partial charge in [-0.1, -0.05) is 29.8 Å². The number of nitrogens with zero attached hydrogens (tertiary/aromatic N) is 3. The zero-order valence-electron chi connectivity index (χ0n) is 12.0. The molecule has 5 nitrogen and oxygen atoms in total. The van der Waals surface area contributed by atoms with Gasteiger partial charge in [-0.2, -0.15) is 0 Å². The highest BCUT2D eigenvalue weighted by molar-refractivity contribution is 6.31. The second kappa shape index (κ2) is 6.23. The van der Waals surface area contributed by atoms with Crippen molar-refractivity contribution in [3.05, 3.63) is 63.7 Å². The van der Waals surface area contributed by atoms with Crippen LogP contribution in [-0.2, 0) is 0 Å². The van der Waals surface area contributed by atoms with Crippen molar-refractivity contribution >= 4 is 28.7 Å². The largest absolute Gasteiger partial charge is 0.368 e. The van der Waals surface area contributed by atoms with Crippen molar-refractivity contribution < 1.29 is 4.92 Å². The first kappa shape index (κ1) is 14.7. The smallest absolute Gasteiger partial charge is 0.292 e. The minimum absolute atomic E-state index is 0.109. The summed E-state index contributed by atoms with van der Waals surface area (Å²) in [6.07, 6.45) is 0. The molecule has 0 N–H and O–H groups in total. The lowest BCUT2D eigenvalue weighted by molar-refractivity contribution is -0.384. The van der Waals surface area contributed by atoms with Crippen LogP contribution >= 0.6 is 11.6 Å². The Labute approximate surface area is 133 Å². The number of para-hydroxylation sites is 1. The maximum absolute atomic E-state index is 11.2. The molecule has 6 heteroatoms. The Morgan fingerprint density at radius 2 is 1.59 bits per heavy atom. The Morgan fingerprint density at radius 1 is 0.955 bits per heavy atom. The number of anilines is 2. The second-order valence-electron chi connectivity index (χ2n) is 5.20. The first-order valence-electron chi connectivity index (χ1n) is 7.14. The Bertz CT molecular complexity index is 670. The number of rotatable bonds is 3. The fraction of sp³-hybridized carbons (Fsp3) is 0.250. The van der Waals surface area contributed by atoms with E-state index in [-0.39, 0.29) is 10.6 Å². The average molecular weight is 318 g/mol. The third-order valence-corrected chi connectivity index (χ3v) is 4.11. The number of halogens is 1. The summed E-state index contributed by atoms with van der Waals surface area (Å²) in [6, 6.07) is 14.9. The van der Waals surface area contributed by atoms with E-state index in [4.69, 9.17) is 11.6 Å². The van der Waals surface area contributed by atoms with Crippen molar-refractivity contribution in [2.75, 3.05) is 36.0 Å². The molecule has 22 heavy (non-hydrogen) atoms. The van der Waals surface area contributed by atoms with E-state index in [0.717, 1.165) is 26.2 Å². The molecule has 3 rings (SSSR count). The van der Waals surface area contributed by atoms with Crippen LogP contribution in [0.3, 0.4) is 0 Å². The third kappa shape index (κ3) is 2.99. The zero-order chi connectivity index (χ0) is 15.5. The first-order valence-corrected chi connectivity index (χ1v) is 7.52. The summed E-state index contributed by atoms with van der Waals surface area (Å²) in [5, 5.41) is 11.7. The minimum atomic E-state index is -0.352. The number of nitro groups is 1. The molecule has 0 amide bonds. The molecule has 1 saturated heterocycles. The summed E-state index contributed by atoms with van der Waals surface area (Å²) in [5.74, 6) is 0. The first-order chi connectivity index (χ1) is 10.6. The normalized spacial score (nSPS) is 15.0. The molecule has 1 fully saturated rings. The number of hydrogen-bond acceptors (Lipinski definition) is 4. The van der Waals surface area contributed by atoms with Crippen molar-refractivity contribution in [2.24, 2.45) is 0 Å². The molecule has 114 valence electrons. The van der Waals surface area contributed by atoms with Gasteiger partial charge in [-0.05, 0) is 24.3 Å². The predicted octanol–water partition coefficient (Wildman–Crippen LogP) is 3.57. The fourth-order valence-electron chi connectivity index (χ4n) is 2.75. The number of benzene rings is 2. The van der Waals surface area contributed by atoms with Crippen LogP contribution in [0.4, 0.5) is 17.1 Å². The van der Waals surface area contributed by atoms with Crippen molar-refractivity contribution in [1.82, 2.24) is 0 Å². The Morgan fingerprint density at radius 3 is 2.23 bits per heavy atom. The lowest BCUT2D eigenvalue weighted by Crippen LogP contribution is -2.46. The van der Waals surface area contributed by atoms with Gasteiger partial charge < -0.3 is 9.80 Å². The van der Waals surface area contributed by atoms with Gasteiger partial charge in [0.15, 0.2) is 0 Å². The van der Waals surface area contributed by atoms with Crippen molar-refractivity contribution in [3.8, 4) is 0 Å². The SMILES string of the molecule is O=[N+]([O-])c1ccc(Cl)cc1N1CCN(c2ccccc2)CC1. The standard InChI is InChI=1S/C16H16ClN3O2/c17-13-6-7-15(20(21)22)16(12-13)19-10-8-18(9-11-19)14-4-2-1-3-5-14/h1-7,12H,8-11H2. The third-order valence-electron chi connectivity index (χ3n) is 3.88. The van der Waals surface area contributed by atoms with E-state index >= 15 is 0 Å². The predicted molar refractivity (Wildman–Crippen MR) is 89.0 cm³/mol. The number of hydrogen-bond donors (Lipinski definition) is 0. The molecule has 0 saturated carbocycles. The maximum atomic E-state index is 11.2. The molecule has 1 aliphatic rings. The van der Waals surface area contributed by atoms with Crippen LogP contribution in [0.15, 0.2) is 48.5 Å². The summed E-state index contributed by atoms with van der Waals surface area (Å²) in [5.41, 5.74) is 1.89. The summed E-state index contributed by atoms with van der Waals surface area (Å²) >= 11 is 6.01. The van der Waals surface area contributed by atoms with E-state index in [2.05, 4.69) is 17.0 Å². The molecular formula is C16H16ClN3O2. The molecule has 0 spiro atoms. The average Bonchev–Trinajstić information content (AvgIpc) is 2.55. The molecule has 0 aromatic heterocycles. The quantitative estimate of drug-likeness (QED) is 0.641. The van der Waals surface area contributed by atoms with Gasteiger partial charge in [0, 0.05) is 43.0 Å². The van der Waals surface area contributed by atoms with Gasteiger partial charge in [-0.15, -0.1) is 0 Å². The second-order valence-corrected chi connectivity index (χ2v) is 5.64. The van der Waals surface area contributed by atoms with Gasteiger partial charge in [0.05, 0.1) is 4.92 Å². The van der Waals surface area contributed by atoms with E-state index in [1.165, 1.54) is 11.8 Å². The molecule has 1 heterocycles. The molecule has 0 radical (unpaired) electrons. The Kier molecular flexibility index (Phi) is 4.15. The van der Waals surface area contributed by atoms with Crippen LogP contribution in [0, 0.1) is 10.1 Å². The highest BCUT2D eigenvalue weighted by atomic mass is 35.5. The monoisotopic (exact) mass is 317 g/mol. The van der Waals surface area contributed by atoms with E-state index in [1.54, 1.807) is 12.1 Å². The van der Waals surface area contributed by atoms with Gasteiger partial charge in [-0.3, -0.25) is 10.1 Å². The lowest BCUT2D eigenvalue weighted by Gasteiger charge is -2.37. The van der Waals surface area contributed by atoms with E-state index in [1.807, 2.05) is 23.1 Å². The van der Waals surface area contributed by atoms with E-state index in [9.17, 15) is 10.1 Å². The zero-order valence-corrected chi connectivity index (χ0v) is 12.7. The lowest BCUT2D eigenvalue weighted by atomic mass is 10.2. The molecule has 2 aromatic carbocycles. The molecule has 0 atom stereocenters. The van der Waals surface area contributed by atoms with E-state index in [0.29, 0.717) is 10.7 Å². The molecule has 0 aliphatic carbocycles. The van der Waals surface area contributed by atoms with Gasteiger partial charge in [0.2, 0.25) is 0 Å². The van der Waals surface area contributed by atoms with Crippen LogP contribution in [0.1, 0.15) is 0 Å². The van der Waals surface area contributed by atoms with Crippen molar-refractivity contribution in [2.45, 2.75) is 0 Å². The minimum Gasteiger partial charge on any atom is -0.368 e. The van der Waals surface area contributed by atoms with Crippen molar-refractivity contribution in [1.29, 1.82) is 0 Å². The maximum Gasteiger partial charge on any atom is 0.292 e. The van der Waals surface area contributed by atoms with Crippen LogP contribution in [0.5, 0.6) is 0 Å². The topological polar surface area (TPSA) is 49.6 Å². The fourth-order valence-corrected chi connectivity index (χ4v) is 2.91.